The Hall–Kier alpha value is -2.18. The Morgan fingerprint density at radius 3 is 2.41 bits per heavy atom. The van der Waals surface area contributed by atoms with Gasteiger partial charge in [-0.1, -0.05) is 53.5 Å². The first-order chi connectivity index (χ1) is 15.1. The number of nitrogens with zero attached hydrogens (tertiary/aromatic N) is 1. The SMILES string of the molecule is C=C(C=O)CNC(=O)C1C2C(CN1C(=O)C(NC(=O)CC(C)C)C1CCCCC1)C2(C)C. The van der Waals surface area contributed by atoms with Gasteiger partial charge in [-0.25, -0.2) is 0 Å². The topological polar surface area (TPSA) is 95.6 Å². The molecule has 4 unspecified atom stereocenters. The molecule has 0 radical (unpaired) electrons. The molecule has 1 heterocycles. The van der Waals surface area contributed by atoms with Crippen LogP contribution in [0, 0.1) is 29.1 Å². The van der Waals surface area contributed by atoms with Crippen LogP contribution >= 0.6 is 0 Å². The van der Waals surface area contributed by atoms with Crippen molar-refractivity contribution in [3.63, 3.8) is 0 Å². The Kier molecular flexibility index (Phi) is 7.46. The molecule has 3 rings (SSSR count). The first-order valence-electron chi connectivity index (χ1n) is 12.1. The number of aldehydes is 1. The number of likely N-dealkylation sites (tertiary alicyclic amines) is 1. The van der Waals surface area contributed by atoms with Crippen molar-refractivity contribution in [2.24, 2.45) is 29.1 Å². The average Bonchev–Trinajstić information content (AvgIpc) is 3.09. The summed E-state index contributed by atoms with van der Waals surface area (Å²) in [5, 5.41) is 5.83. The number of hydrogen-bond donors (Lipinski definition) is 2. The first-order valence-corrected chi connectivity index (χ1v) is 12.1. The van der Waals surface area contributed by atoms with E-state index in [0.717, 1.165) is 32.1 Å². The van der Waals surface area contributed by atoms with E-state index in [0.29, 0.717) is 24.8 Å². The van der Waals surface area contributed by atoms with Crippen molar-refractivity contribution in [3.05, 3.63) is 12.2 Å². The van der Waals surface area contributed by atoms with E-state index in [2.05, 4.69) is 31.1 Å². The molecule has 1 saturated heterocycles. The molecule has 7 heteroatoms. The van der Waals surface area contributed by atoms with Crippen LogP contribution in [0.1, 0.15) is 66.2 Å². The van der Waals surface area contributed by atoms with Crippen molar-refractivity contribution in [2.45, 2.75) is 78.3 Å². The molecular formula is C25H39N3O4. The second-order valence-electron chi connectivity index (χ2n) is 10.9. The normalized spacial score (nSPS) is 27.4. The molecule has 0 aromatic heterocycles. The highest BCUT2D eigenvalue weighted by atomic mass is 16.2. The third kappa shape index (κ3) is 5.07. The van der Waals surface area contributed by atoms with Gasteiger partial charge in [0.25, 0.3) is 0 Å². The molecule has 3 fully saturated rings. The maximum Gasteiger partial charge on any atom is 0.246 e. The molecule has 0 spiro atoms. The lowest BCUT2D eigenvalue weighted by molar-refractivity contribution is -0.144. The summed E-state index contributed by atoms with van der Waals surface area (Å²) in [6.45, 7) is 12.5. The highest BCUT2D eigenvalue weighted by Crippen LogP contribution is 2.65. The maximum atomic E-state index is 13.8. The fourth-order valence-electron chi connectivity index (χ4n) is 5.79. The lowest BCUT2D eigenvalue weighted by atomic mass is 9.82. The predicted molar refractivity (Wildman–Crippen MR) is 122 cm³/mol. The first kappa shape index (κ1) is 24.5. The second kappa shape index (κ2) is 9.75. The zero-order valence-electron chi connectivity index (χ0n) is 20.0. The third-order valence-electron chi connectivity index (χ3n) is 7.71. The standard InChI is InChI=1S/C25H39N3O4/c1-15(2)11-19(30)27-21(17-9-7-6-8-10-17)24(32)28-13-18-20(25(18,4)5)22(28)23(31)26-12-16(3)14-29/h14-15,17-18,20-22H,3,6-13H2,1-2,4-5H3,(H,26,31)(H,27,30). The summed E-state index contributed by atoms with van der Waals surface area (Å²) < 4.78 is 0. The number of fused-ring (bicyclic) bond motifs is 1. The Labute approximate surface area is 191 Å². The van der Waals surface area contributed by atoms with E-state index < -0.39 is 12.1 Å². The fraction of sp³-hybridized carbons (Fsp3) is 0.760. The van der Waals surface area contributed by atoms with Crippen LogP contribution in [0.4, 0.5) is 0 Å². The van der Waals surface area contributed by atoms with Gasteiger partial charge in [-0.2, -0.15) is 0 Å². The van der Waals surface area contributed by atoms with Crippen molar-refractivity contribution in [2.75, 3.05) is 13.1 Å². The van der Waals surface area contributed by atoms with E-state index >= 15 is 0 Å². The summed E-state index contributed by atoms with van der Waals surface area (Å²) in [5.74, 6) is 0.209. The number of rotatable bonds is 9. The Balaban J connectivity index is 1.79. The molecule has 178 valence electrons. The van der Waals surface area contributed by atoms with Crippen LogP contribution in [0.2, 0.25) is 0 Å². The maximum absolute atomic E-state index is 13.8. The minimum atomic E-state index is -0.581. The van der Waals surface area contributed by atoms with Gasteiger partial charge in [0.1, 0.15) is 18.4 Å². The van der Waals surface area contributed by atoms with Crippen molar-refractivity contribution in [1.29, 1.82) is 0 Å². The van der Waals surface area contributed by atoms with Gasteiger partial charge in [-0.15, -0.1) is 0 Å². The predicted octanol–water partition coefficient (Wildman–Crippen LogP) is 2.45. The van der Waals surface area contributed by atoms with E-state index in [-0.39, 0.29) is 53.4 Å². The van der Waals surface area contributed by atoms with Crippen LogP contribution in [-0.4, -0.2) is 54.1 Å². The van der Waals surface area contributed by atoms with Crippen LogP contribution in [0.25, 0.3) is 0 Å². The number of hydrogen-bond acceptors (Lipinski definition) is 4. The number of carbonyl (C=O) groups is 4. The molecule has 3 aliphatic rings. The van der Waals surface area contributed by atoms with Crippen LogP contribution < -0.4 is 10.6 Å². The molecule has 3 amide bonds. The Morgan fingerprint density at radius 2 is 1.81 bits per heavy atom. The summed E-state index contributed by atoms with van der Waals surface area (Å²) in [6, 6.07) is -1.16. The molecule has 2 N–H and O–H groups in total. The lowest BCUT2D eigenvalue weighted by Gasteiger charge is -2.37. The molecule has 32 heavy (non-hydrogen) atoms. The van der Waals surface area contributed by atoms with Gasteiger partial charge in [0.2, 0.25) is 17.7 Å². The van der Waals surface area contributed by atoms with E-state index in [1.165, 1.54) is 0 Å². The van der Waals surface area contributed by atoms with E-state index in [1.807, 2.05) is 13.8 Å². The van der Waals surface area contributed by atoms with Crippen LogP contribution in [-0.2, 0) is 19.2 Å². The van der Waals surface area contributed by atoms with Gasteiger partial charge in [-0.3, -0.25) is 19.2 Å². The highest BCUT2D eigenvalue weighted by molar-refractivity contribution is 5.94. The fourth-order valence-corrected chi connectivity index (χ4v) is 5.79. The molecule has 7 nitrogen and oxygen atoms in total. The summed E-state index contributed by atoms with van der Waals surface area (Å²) in [5.41, 5.74) is 0.295. The summed E-state index contributed by atoms with van der Waals surface area (Å²) in [6.07, 6.45) is 6.12. The highest BCUT2D eigenvalue weighted by Gasteiger charge is 2.69. The van der Waals surface area contributed by atoms with Crippen molar-refractivity contribution >= 4 is 24.0 Å². The molecule has 0 bridgehead atoms. The number of amides is 3. The summed E-state index contributed by atoms with van der Waals surface area (Å²) >= 11 is 0. The molecule has 4 atom stereocenters. The van der Waals surface area contributed by atoms with Gasteiger partial charge in [0, 0.05) is 25.1 Å². The Morgan fingerprint density at radius 1 is 1.16 bits per heavy atom. The number of carbonyl (C=O) groups excluding carboxylic acids is 4. The molecule has 0 aromatic rings. The van der Waals surface area contributed by atoms with Crippen LogP contribution in [0.15, 0.2) is 12.2 Å². The zero-order chi connectivity index (χ0) is 23.6. The third-order valence-corrected chi connectivity index (χ3v) is 7.71. The molecular weight excluding hydrogens is 406 g/mol. The molecule has 1 aliphatic heterocycles. The van der Waals surface area contributed by atoms with Gasteiger partial charge in [-0.05, 0) is 41.9 Å². The molecule has 0 aromatic carbocycles. The minimum absolute atomic E-state index is 0.00167. The summed E-state index contributed by atoms with van der Waals surface area (Å²) in [4.78, 5) is 52.1. The van der Waals surface area contributed by atoms with E-state index in [4.69, 9.17) is 0 Å². The Bertz CT molecular complexity index is 769. The quantitative estimate of drug-likeness (QED) is 0.421. The van der Waals surface area contributed by atoms with Crippen molar-refractivity contribution in [1.82, 2.24) is 15.5 Å². The van der Waals surface area contributed by atoms with Gasteiger partial charge in [0.05, 0.1) is 0 Å². The van der Waals surface area contributed by atoms with Gasteiger partial charge >= 0.3 is 0 Å². The smallest absolute Gasteiger partial charge is 0.246 e. The van der Waals surface area contributed by atoms with Gasteiger partial charge < -0.3 is 15.5 Å². The van der Waals surface area contributed by atoms with Crippen LogP contribution in [0.3, 0.4) is 0 Å². The van der Waals surface area contributed by atoms with E-state index in [1.54, 1.807) is 4.90 Å². The second-order valence-corrected chi connectivity index (χ2v) is 10.9. The number of nitrogens with one attached hydrogen (secondary N) is 2. The minimum Gasteiger partial charge on any atom is -0.350 e. The number of piperidine rings is 1. The van der Waals surface area contributed by atoms with Gasteiger partial charge in [0.15, 0.2) is 0 Å². The lowest BCUT2D eigenvalue weighted by Crippen LogP contribution is -2.58. The largest absolute Gasteiger partial charge is 0.350 e. The zero-order valence-corrected chi connectivity index (χ0v) is 20.0. The summed E-state index contributed by atoms with van der Waals surface area (Å²) in [7, 11) is 0. The molecule has 2 aliphatic carbocycles. The van der Waals surface area contributed by atoms with Crippen LogP contribution in [0.5, 0.6) is 0 Å². The average molecular weight is 446 g/mol. The van der Waals surface area contributed by atoms with Crippen molar-refractivity contribution < 1.29 is 19.2 Å². The van der Waals surface area contributed by atoms with Crippen molar-refractivity contribution in [3.8, 4) is 0 Å². The monoisotopic (exact) mass is 445 g/mol. The van der Waals surface area contributed by atoms with E-state index in [9.17, 15) is 19.2 Å². The molecule has 2 saturated carbocycles.